The van der Waals surface area contributed by atoms with Crippen molar-refractivity contribution in [1.29, 1.82) is 0 Å². The van der Waals surface area contributed by atoms with Gasteiger partial charge in [0.2, 0.25) is 0 Å². The first-order valence-corrected chi connectivity index (χ1v) is 10.9. The van der Waals surface area contributed by atoms with Crippen molar-refractivity contribution in [2.24, 2.45) is 0 Å². The molecular formula is C20H26ClN3O3S. The summed E-state index contributed by atoms with van der Waals surface area (Å²) < 4.78 is 20.4. The standard InChI is InChI=1S/C20H26ClN3O3S/c1-20(2,27-17-7-5-15(21)6-8-17)19(25)23-16-9-12-24(13-10-16)28(26)18-4-3-11-22-14-18/h3-8,14,16,22H,9-13H2,1-2H3,(H,23,25). The monoisotopic (exact) mass is 423 g/mol. The molecule has 2 heterocycles. The second-order valence-corrected chi connectivity index (χ2v) is 9.27. The topological polar surface area (TPSA) is 70.7 Å². The predicted octanol–water partition coefficient (Wildman–Crippen LogP) is 2.74. The molecule has 0 aliphatic carbocycles. The van der Waals surface area contributed by atoms with Crippen LogP contribution in [0.3, 0.4) is 0 Å². The highest BCUT2D eigenvalue weighted by molar-refractivity contribution is 7.86. The molecule has 1 amide bonds. The molecule has 2 N–H and O–H groups in total. The number of allylic oxidation sites excluding steroid dienone is 1. The highest BCUT2D eigenvalue weighted by atomic mass is 35.5. The molecule has 0 bridgehead atoms. The summed E-state index contributed by atoms with van der Waals surface area (Å²) in [6.45, 7) is 5.59. The zero-order valence-electron chi connectivity index (χ0n) is 16.1. The number of amides is 1. The Labute approximate surface area is 173 Å². The number of halogens is 1. The third-order valence-corrected chi connectivity index (χ3v) is 6.46. The normalized spacial score (nSPS) is 19.5. The van der Waals surface area contributed by atoms with E-state index in [1.807, 2.05) is 16.5 Å². The van der Waals surface area contributed by atoms with E-state index in [2.05, 4.69) is 10.6 Å². The molecule has 1 aromatic rings. The van der Waals surface area contributed by atoms with E-state index in [1.54, 1.807) is 44.3 Å². The molecule has 28 heavy (non-hydrogen) atoms. The number of rotatable bonds is 6. The van der Waals surface area contributed by atoms with Crippen LogP contribution in [0.1, 0.15) is 26.7 Å². The Morgan fingerprint density at radius 3 is 2.57 bits per heavy atom. The third kappa shape index (κ3) is 5.37. The number of hydrogen-bond acceptors (Lipinski definition) is 4. The second kappa shape index (κ2) is 9.11. The maximum Gasteiger partial charge on any atom is 0.263 e. The van der Waals surface area contributed by atoms with Gasteiger partial charge in [0.25, 0.3) is 5.91 Å². The van der Waals surface area contributed by atoms with Gasteiger partial charge in [-0.25, -0.2) is 8.51 Å². The first-order chi connectivity index (χ1) is 13.3. The smallest absolute Gasteiger partial charge is 0.263 e. The minimum Gasteiger partial charge on any atom is -0.478 e. The number of dihydropyridines is 1. The van der Waals surface area contributed by atoms with E-state index < -0.39 is 16.6 Å². The maximum absolute atomic E-state index is 12.7. The number of hydrogen-bond donors (Lipinski definition) is 2. The van der Waals surface area contributed by atoms with Crippen molar-refractivity contribution in [3.05, 3.63) is 52.5 Å². The third-order valence-electron chi connectivity index (χ3n) is 4.72. The Morgan fingerprint density at radius 1 is 1.29 bits per heavy atom. The summed E-state index contributed by atoms with van der Waals surface area (Å²) in [4.78, 5) is 13.5. The fourth-order valence-corrected chi connectivity index (χ4v) is 4.44. The number of nitrogens with zero attached hydrogens (tertiary/aromatic N) is 1. The van der Waals surface area contributed by atoms with Gasteiger partial charge in [0.1, 0.15) is 16.7 Å². The van der Waals surface area contributed by atoms with Crippen LogP contribution in [-0.4, -0.2) is 45.7 Å². The van der Waals surface area contributed by atoms with E-state index in [9.17, 15) is 9.00 Å². The number of benzene rings is 1. The molecule has 1 unspecified atom stereocenters. The van der Waals surface area contributed by atoms with Gasteiger partial charge in [-0.2, -0.15) is 0 Å². The van der Waals surface area contributed by atoms with Gasteiger partial charge in [-0.15, -0.1) is 0 Å². The largest absolute Gasteiger partial charge is 0.478 e. The van der Waals surface area contributed by atoms with Crippen molar-refractivity contribution in [3.63, 3.8) is 0 Å². The van der Waals surface area contributed by atoms with Crippen LogP contribution in [0.4, 0.5) is 0 Å². The number of piperidine rings is 1. The first-order valence-electron chi connectivity index (χ1n) is 9.37. The second-order valence-electron chi connectivity index (χ2n) is 7.35. The van der Waals surface area contributed by atoms with Crippen LogP contribution in [0.5, 0.6) is 5.75 Å². The molecule has 8 heteroatoms. The lowest BCUT2D eigenvalue weighted by Gasteiger charge is -2.34. The summed E-state index contributed by atoms with van der Waals surface area (Å²) in [5, 5.41) is 6.78. The molecule has 0 spiro atoms. The van der Waals surface area contributed by atoms with Gasteiger partial charge in [-0.05, 0) is 57.0 Å². The Kier molecular flexibility index (Phi) is 6.80. The SMILES string of the molecule is CC(C)(Oc1ccc(Cl)cc1)C(=O)NC1CCN(S(=O)C2=CNCC=C2)CC1. The molecule has 2 aliphatic heterocycles. The number of ether oxygens (including phenoxy) is 1. The summed E-state index contributed by atoms with van der Waals surface area (Å²) in [5.74, 6) is 0.432. The van der Waals surface area contributed by atoms with Crippen LogP contribution in [-0.2, 0) is 15.8 Å². The van der Waals surface area contributed by atoms with Gasteiger partial charge in [0.15, 0.2) is 5.60 Å². The highest BCUT2D eigenvalue weighted by Gasteiger charge is 2.33. The van der Waals surface area contributed by atoms with Gasteiger partial charge >= 0.3 is 0 Å². The molecule has 0 radical (unpaired) electrons. The Balaban J connectivity index is 1.50. The molecule has 0 aromatic heterocycles. The minimum atomic E-state index is -1.17. The van der Waals surface area contributed by atoms with E-state index in [0.717, 1.165) is 24.3 Å². The molecule has 1 fully saturated rings. The molecule has 6 nitrogen and oxygen atoms in total. The summed E-state index contributed by atoms with van der Waals surface area (Å²) >= 11 is 5.89. The average Bonchev–Trinajstić information content (AvgIpc) is 2.70. The van der Waals surface area contributed by atoms with Crippen LogP contribution in [0.2, 0.25) is 5.02 Å². The van der Waals surface area contributed by atoms with E-state index in [4.69, 9.17) is 16.3 Å². The zero-order valence-corrected chi connectivity index (χ0v) is 17.7. The molecule has 1 aromatic carbocycles. The number of carbonyl (C=O) groups is 1. The van der Waals surface area contributed by atoms with Gasteiger partial charge in [-0.3, -0.25) is 4.79 Å². The van der Waals surface area contributed by atoms with Crippen LogP contribution >= 0.6 is 11.6 Å². The lowest BCUT2D eigenvalue weighted by atomic mass is 10.0. The van der Waals surface area contributed by atoms with Crippen molar-refractivity contribution in [3.8, 4) is 5.75 Å². The van der Waals surface area contributed by atoms with Gasteiger partial charge in [-0.1, -0.05) is 17.7 Å². The van der Waals surface area contributed by atoms with Gasteiger partial charge < -0.3 is 15.4 Å². The highest BCUT2D eigenvalue weighted by Crippen LogP contribution is 2.22. The maximum atomic E-state index is 12.7. The van der Waals surface area contributed by atoms with Crippen LogP contribution in [0, 0.1) is 0 Å². The quantitative estimate of drug-likeness (QED) is 0.738. The van der Waals surface area contributed by atoms with Crippen LogP contribution in [0.15, 0.2) is 47.5 Å². The molecule has 1 atom stereocenters. The predicted molar refractivity (Wildman–Crippen MR) is 112 cm³/mol. The molecule has 2 aliphatic rings. The van der Waals surface area contributed by atoms with Crippen molar-refractivity contribution in [1.82, 2.24) is 14.9 Å². The minimum absolute atomic E-state index is 0.0443. The Bertz CT molecular complexity index is 784. The lowest BCUT2D eigenvalue weighted by molar-refractivity contribution is -0.135. The fourth-order valence-electron chi connectivity index (χ4n) is 3.08. The van der Waals surface area contributed by atoms with E-state index >= 15 is 0 Å². The number of nitrogens with one attached hydrogen (secondary N) is 2. The summed E-state index contributed by atoms with van der Waals surface area (Å²) in [5.41, 5.74) is -1.00. The van der Waals surface area contributed by atoms with Crippen molar-refractivity contribution < 1.29 is 13.7 Å². The molecular weight excluding hydrogens is 398 g/mol. The summed E-state index contributed by atoms with van der Waals surface area (Å²) in [7, 11) is -1.17. The lowest BCUT2D eigenvalue weighted by Crippen LogP contribution is -2.52. The van der Waals surface area contributed by atoms with Crippen LogP contribution < -0.4 is 15.4 Å². The Morgan fingerprint density at radius 2 is 1.96 bits per heavy atom. The molecule has 152 valence electrons. The van der Waals surface area contributed by atoms with E-state index in [-0.39, 0.29) is 11.9 Å². The fraction of sp³-hybridized carbons (Fsp3) is 0.450. The summed E-state index contributed by atoms with van der Waals surface area (Å²) in [6.07, 6.45) is 7.17. The number of carbonyl (C=O) groups excluding carboxylic acids is 1. The van der Waals surface area contributed by atoms with E-state index in [0.29, 0.717) is 23.9 Å². The van der Waals surface area contributed by atoms with Gasteiger partial charge in [0.05, 0.1) is 4.91 Å². The molecule has 1 saturated heterocycles. The van der Waals surface area contributed by atoms with Crippen molar-refractivity contribution >= 4 is 28.5 Å². The Hall–Kier alpha value is -1.83. The first kappa shape index (κ1) is 20.9. The average molecular weight is 424 g/mol. The van der Waals surface area contributed by atoms with Crippen molar-refractivity contribution in [2.75, 3.05) is 19.6 Å². The molecule has 3 rings (SSSR count). The summed E-state index contributed by atoms with van der Waals surface area (Å²) in [6, 6.07) is 6.99. The molecule has 0 saturated carbocycles. The van der Waals surface area contributed by atoms with E-state index in [1.165, 1.54) is 0 Å². The zero-order chi connectivity index (χ0) is 20.1. The van der Waals surface area contributed by atoms with Gasteiger partial charge in [0, 0.05) is 36.9 Å². The van der Waals surface area contributed by atoms with Crippen LogP contribution in [0.25, 0.3) is 0 Å². The van der Waals surface area contributed by atoms with Crippen molar-refractivity contribution in [2.45, 2.75) is 38.3 Å².